The molecule has 0 bridgehead atoms. The lowest BCUT2D eigenvalue weighted by Crippen LogP contribution is -2.51. The zero-order valence-electron chi connectivity index (χ0n) is 14.0. The molecular formula is C16H32N2O3S. The molecule has 3 atom stereocenters. The molecule has 5 nitrogen and oxygen atoms in total. The van der Waals surface area contributed by atoms with Gasteiger partial charge in [-0.2, -0.15) is 0 Å². The molecule has 1 aliphatic heterocycles. The fraction of sp³-hybridized carbons (Fsp3) is 0.875. The molecule has 1 rings (SSSR count). The molecule has 1 unspecified atom stereocenters. The lowest BCUT2D eigenvalue weighted by atomic mass is 10.0. The SMILES string of the molecule is C=CS(=O)(=O)N[C@H]1COC[C@H]1NC(CCCC)CCCCC. The van der Waals surface area contributed by atoms with Gasteiger partial charge in [0.25, 0.3) is 0 Å². The first-order chi connectivity index (χ1) is 10.5. The van der Waals surface area contributed by atoms with Gasteiger partial charge in [-0.3, -0.25) is 0 Å². The minimum absolute atomic E-state index is 0.0400. The van der Waals surface area contributed by atoms with Crippen LogP contribution >= 0.6 is 0 Å². The Kier molecular flexibility index (Phi) is 9.24. The van der Waals surface area contributed by atoms with E-state index < -0.39 is 10.0 Å². The summed E-state index contributed by atoms with van der Waals surface area (Å²) in [4.78, 5) is 0. The van der Waals surface area contributed by atoms with Crippen molar-refractivity contribution in [2.75, 3.05) is 13.2 Å². The van der Waals surface area contributed by atoms with E-state index in [1.807, 2.05) is 0 Å². The van der Waals surface area contributed by atoms with Crippen LogP contribution in [0.4, 0.5) is 0 Å². The number of ether oxygens (including phenoxy) is 1. The van der Waals surface area contributed by atoms with Crippen LogP contribution in [0, 0.1) is 0 Å². The van der Waals surface area contributed by atoms with Crippen LogP contribution in [-0.2, 0) is 14.8 Å². The molecule has 2 N–H and O–H groups in total. The maximum Gasteiger partial charge on any atom is 0.233 e. The summed E-state index contributed by atoms with van der Waals surface area (Å²) in [6.07, 6.45) is 8.34. The summed E-state index contributed by atoms with van der Waals surface area (Å²) >= 11 is 0. The Morgan fingerprint density at radius 1 is 1.14 bits per heavy atom. The molecule has 22 heavy (non-hydrogen) atoms. The van der Waals surface area contributed by atoms with Crippen LogP contribution in [0.2, 0.25) is 0 Å². The number of hydrogen-bond donors (Lipinski definition) is 2. The fourth-order valence-corrected chi connectivity index (χ4v) is 3.55. The molecule has 1 aliphatic rings. The van der Waals surface area contributed by atoms with E-state index in [1.165, 1.54) is 32.1 Å². The average molecular weight is 333 g/mol. The number of sulfonamides is 1. The molecule has 1 heterocycles. The molecule has 0 aromatic carbocycles. The Hall–Kier alpha value is -0.430. The summed E-state index contributed by atoms with van der Waals surface area (Å²) in [5, 5.41) is 4.58. The Morgan fingerprint density at radius 2 is 1.77 bits per heavy atom. The highest BCUT2D eigenvalue weighted by atomic mass is 32.2. The van der Waals surface area contributed by atoms with E-state index in [0.717, 1.165) is 18.2 Å². The van der Waals surface area contributed by atoms with E-state index >= 15 is 0 Å². The molecular weight excluding hydrogens is 300 g/mol. The topological polar surface area (TPSA) is 67.4 Å². The van der Waals surface area contributed by atoms with Crippen LogP contribution in [0.3, 0.4) is 0 Å². The van der Waals surface area contributed by atoms with Gasteiger partial charge in [0, 0.05) is 17.5 Å². The first kappa shape index (κ1) is 19.6. The summed E-state index contributed by atoms with van der Waals surface area (Å²) in [6, 6.07) is 0.269. The van der Waals surface area contributed by atoms with Crippen LogP contribution in [0.1, 0.15) is 58.8 Å². The second-order valence-electron chi connectivity index (χ2n) is 6.08. The van der Waals surface area contributed by atoms with Gasteiger partial charge in [0.1, 0.15) is 0 Å². The lowest BCUT2D eigenvalue weighted by molar-refractivity contribution is 0.184. The second kappa shape index (κ2) is 10.4. The number of rotatable bonds is 12. The van der Waals surface area contributed by atoms with Gasteiger partial charge in [-0.1, -0.05) is 52.5 Å². The van der Waals surface area contributed by atoms with Gasteiger partial charge in [-0.15, -0.1) is 0 Å². The highest BCUT2D eigenvalue weighted by Crippen LogP contribution is 2.14. The molecule has 0 aliphatic carbocycles. The van der Waals surface area contributed by atoms with Gasteiger partial charge < -0.3 is 10.1 Å². The van der Waals surface area contributed by atoms with Gasteiger partial charge in [-0.05, 0) is 12.8 Å². The van der Waals surface area contributed by atoms with Crippen LogP contribution in [0.15, 0.2) is 12.0 Å². The van der Waals surface area contributed by atoms with Crippen molar-refractivity contribution in [2.24, 2.45) is 0 Å². The summed E-state index contributed by atoms with van der Waals surface area (Å²) in [5.74, 6) is 0. The monoisotopic (exact) mass is 332 g/mol. The van der Waals surface area contributed by atoms with Crippen molar-refractivity contribution in [1.29, 1.82) is 0 Å². The van der Waals surface area contributed by atoms with Crippen molar-refractivity contribution in [3.63, 3.8) is 0 Å². The molecule has 1 fully saturated rings. The Morgan fingerprint density at radius 3 is 2.41 bits per heavy atom. The summed E-state index contributed by atoms with van der Waals surface area (Å²) < 4.78 is 31.4. The van der Waals surface area contributed by atoms with Gasteiger partial charge in [0.05, 0.1) is 19.3 Å². The van der Waals surface area contributed by atoms with Gasteiger partial charge in [0.2, 0.25) is 10.0 Å². The highest BCUT2D eigenvalue weighted by molar-refractivity contribution is 7.92. The summed E-state index contributed by atoms with van der Waals surface area (Å²) in [5.41, 5.74) is 0. The Labute approximate surface area is 135 Å². The van der Waals surface area contributed by atoms with E-state index in [0.29, 0.717) is 19.3 Å². The number of unbranched alkanes of at least 4 members (excludes halogenated alkanes) is 3. The molecule has 130 valence electrons. The van der Waals surface area contributed by atoms with Crippen LogP contribution in [-0.4, -0.2) is 39.8 Å². The fourth-order valence-electron chi connectivity index (χ4n) is 2.80. The van der Waals surface area contributed by atoms with Crippen LogP contribution in [0.25, 0.3) is 0 Å². The minimum Gasteiger partial charge on any atom is -0.378 e. The molecule has 0 saturated carbocycles. The van der Waals surface area contributed by atoms with Gasteiger partial charge >= 0.3 is 0 Å². The van der Waals surface area contributed by atoms with Crippen molar-refractivity contribution >= 4 is 10.0 Å². The Bertz CT molecular complexity index is 412. The molecule has 0 aromatic heterocycles. The van der Waals surface area contributed by atoms with Crippen LogP contribution < -0.4 is 10.0 Å². The quantitative estimate of drug-likeness (QED) is 0.539. The Balaban J connectivity index is 2.55. The molecule has 0 radical (unpaired) electrons. The normalized spacial score (nSPS) is 23.5. The number of nitrogens with one attached hydrogen (secondary N) is 2. The molecule has 6 heteroatoms. The maximum absolute atomic E-state index is 11.7. The van der Waals surface area contributed by atoms with Gasteiger partial charge in [-0.25, -0.2) is 13.1 Å². The van der Waals surface area contributed by atoms with Crippen molar-refractivity contribution in [3.8, 4) is 0 Å². The molecule has 0 amide bonds. The first-order valence-corrected chi connectivity index (χ1v) is 10.1. The number of hydrogen-bond acceptors (Lipinski definition) is 4. The highest BCUT2D eigenvalue weighted by Gasteiger charge is 2.32. The van der Waals surface area contributed by atoms with E-state index in [1.54, 1.807) is 0 Å². The largest absolute Gasteiger partial charge is 0.378 e. The van der Waals surface area contributed by atoms with Gasteiger partial charge in [0.15, 0.2) is 0 Å². The third-order valence-corrected chi connectivity index (χ3v) is 5.20. The maximum atomic E-state index is 11.7. The molecule has 0 spiro atoms. The average Bonchev–Trinajstić information content (AvgIpc) is 2.91. The predicted molar refractivity (Wildman–Crippen MR) is 91.2 cm³/mol. The van der Waals surface area contributed by atoms with E-state index in [2.05, 4.69) is 30.5 Å². The third kappa shape index (κ3) is 7.22. The smallest absolute Gasteiger partial charge is 0.233 e. The predicted octanol–water partition coefficient (Wildman–Crippen LogP) is 2.55. The van der Waals surface area contributed by atoms with Crippen molar-refractivity contribution in [2.45, 2.75) is 76.9 Å². The summed E-state index contributed by atoms with van der Waals surface area (Å²) in [7, 11) is -3.42. The van der Waals surface area contributed by atoms with E-state index in [-0.39, 0.29) is 12.1 Å². The lowest BCUT2D eigenvalue weighted by Gasteiger charge is -2.26. The van der Waals surface area contributed by atoms with E-state index in [9.17, 15) is 8.42 Å². The van der Waals surface area contributed by atoms with Crippen molar-refractivity contribution in [3.05, 3.63) is 12.0 Å². The van der Waals surface area contributed by atoms with Crippen LogP contribution in [0.5, 0.6) is 0 Å². The first-order valence-electron chi connectivity index (χ1n) is 8.51. The molecule has 1 saturated heterocycles. The standard InChI is InChI=1S/C16H32N2O3S/c1-4-7-9-11-14(10-8-5-2)17-15-12-21-13-16(15)18-22(19,20)6-3/h6,14-18H,3-5,7-13H2,1-2H3/t14?,15-,16+/m1/s1. The minimum atomic E-state index is -3.42. The van der Waals surface area contributed by atoms with Crippen molar-refractivity contribution in [1.82, 2.24) is 10.0 Å². The zero-order valence-corrected chi connectivity index (χ0v) is 14.8. The third-order valence-electron chi connectivity index (χ3n) is 4.13. The second-order valence-corrected chi connectivity index (χ2v) is 7.74. The molecule has 0 aromatic rings. The van der Waals surface area contributed by atoms with Crippen molar-refractivity contribution < 1.29 is 13.2 Å². The summed E-state index contributed by atoms with van der Waals surface area (Å²) in [6.45, 7) is 8.72. The van der Waals surface area contributed by atoms with E-state index in [4.69, 9.17) is 4.74 Å². The zero-order chi connectivity index (χ0) is 16.4.